The van der Waals surface area contributed by atoms with Gasteiger partial charge in [0.2, 0.25) is 0 Å². The van der Waals surface area contributed by atoms with E-state index in [4.69, 9.17) is 4.42 Å². The fraction of sp³-hybridized carbons (Fsp3) is 0. The molecule has 31 heavy (non-hydrogen) atoms. The number of para-hydroxylation sites is 3. The normalized spacial score (nSPS) is 11.2. The van der Waals surface area contributed by atoms with Gasteiger partial charge in [-0.2, -0.15) is 0 Å². The molecule has 0 saturated carbocycles. The highest BCUT2D eigenvalue weighted by molar-refractivity contribution is 7.99. The van der Waals surface area contributed by atoms with Crippen molar-refractivity contribution >= 4 is 33.6 Å². The van der Waals surface area contributed by atoms with Gasteiger partial charge in [0.1, 0.15) is 16.0 Å². The van der Waals surface area contributed by atoms with Crippen molar-refractivity contribution in [2.75, 3.05) is 0 Å². The van der Waals surface area contributed by atoms with Crippen LogP contribution < -0.4 is 11.2 Å². The number of phenols is 1. The zero-order chi connectivity index (χ0) is 21.5. The Morgan fingerprint density at radius 1 is 0.806 bits per heavy atom. The van der Waals surface area contributed by atoms with Gasteiger partial charge in [-0.25, -0.2) is 4.79 Å². The highest BCUT2D eigenvalue weighted by atomic mass is 32.2. The van der Waals surface area contributed by atoms with Crippen LogP contribution in [0.4, 0.5) is 0 Å². The quantitative estimate of drug-likeness (QED) is 0.405. The molecule has 152 valence electrons. The predicted octanol–water partition coefficient (Wildman–Crippen LogP) is 4.66. The molecule has 3 aromatic carbocycles. The summed E-state index contributed by atoms with van der Waals surface area (Å²) in [5, 5.41) is 21.5. The van der Waals surface area contributed by atoms with Crippen molar-refractivity contribution in [1.82, 2.24) is 4.57 Å². The van der Waals surface area contributed by atoms with Crippen LogP contribution in [0.25, 0.3) is 27.6 Å². The molecule has 0 fully saturated rings. The predicted molar refractivity (Wildman–Crippen MR) is 119 cm³/mol. The van der Waals surface area contributed by atoms with E-state index < -0.39 is 16.9 Å². The summed E-state index contributed by atoms with van der Waals surface area (Å²) >= 11 is 0.844. The van der Waals surface area contributed by atoms with E-state index in [1.165, 1.54) is 10.6 Å². The molecular formula is C24H15NO5S. The van der Waals surface area contributed by atoms with Gasteiger partial charge in [0, 0.05) is 11.1 Å². The molecule has 2 heterocycles. The first-order valence-electron chi connectivity index (χ1n) is 9.41. The van der Waals surface area contributed by atoms with Crippen LogP contribution in [0.1, 0.15) is 0 Å². The minimum absolute atomic E-state index is 0.0249. The Labute approximate surface area is 179 Å². The number of benzene rings is 3. The molecule has 2 aromatic heterocycles. The summed E-state index contributed by atoms with van der Waals surface area (Å²) in [7, 11) is 0. The Bertz CT molecular complexity index is 1570. The average Bonchev–Trinajstić information content (AvgIpc) is 2.78. The standard InChI is InChI=1S/C24H15NO5S/c26-17-12-6-7-13-18(17)31-22-20(27)19-21(30-24(22)29)15-10-4-5-11-16(15)25(23(19)28)14-8-2-1-3-9-14/h1-13,26-27H. The lowest BCUT2D eigenvalue weighted by Crippen LogP contribution is -2.20. The van der Waals surface area contributed by atoms with Crippen LogP contribution in [0.15, 0.2) is 103 Å². The number of nitrogens with zero attached hydrogens (tertiary/aromatic N) is 1. The Morgan fingerprint density at radius 2 is 1.48 bits per heavy atom. The highest BCUT2D eigenvalue weighted by Gasteiger charge is 2.23. The van der Waals surface area contributed by atoms with Gasteiger partial charge in [-0.1, -0.05) is 54.2 Å². The Balaban J connectivity index is 1.89. The molecule has 0 radical (unpaired) electrons. The Kier molecular flexibility index (Phi) is 4.52. The molecular weight excluding hydrogens is 414 g/mol. The zero-order valence-electron chi connectivity index (χ0n) is 16.0. The highest BCUT2D eigenvalue weighted by Crippen LogP contribution is 2.40. The van der Waals surface area contributed by atoms with Gasteiger partial charge >= 0.3 is 5.63 Å². The fourth-order valence-electron chi connectivity index (χ4n) is 3.55. The fourth-order valence-corrected chi connectivity index (χ4v) is 4.42. The first-order valence-corrected chi connectivity index (χ1v) is 10.2. The lowest BCUT2D eigenvalue weighted by molar-refractivity contribution is 0.446. The van der Waals surface area contributed by atoms with E-state index in [-0.39, 0.29) is 21.6 Å². The molecule has 0 aliphatic rings. The molecule has 6 nitrogen and oxygen atoms in total. The van der Waals surface area contributed by atoms with Gasteiger partial charge in [-0.15, -0.1) is 0 Å². The number of hydrogen-bond donors (Lipinski definition) is 2. The van der Waals surface area contributed by atoms with Crippen molar-refractivity contribution in [1.29, 1.82) is 0 Å². The Hall–Kier alpha value is -3.97. The maximum Gasteiger partial charge on any atom is 0.354 e. The number of aromatic nitrogens is 1. The molecule has 0 unspecified atom stereocenters. The van der Waals surface area contributed by atoms with Crippen LogP contribution in [0.5, 0.6) is 11.5 Å². The van der Waals surface area contributed by atoms with E-state index in [2.05, 4.69) is 0 Å². The first-order chi connectivity index (χ1) is 15.1. The molecule has 0 spiro atoms. The summed E-state index contributed by atoms with van der Waals surface area (Å²) in [5.74, 6) is -0.522. The molecule has 5 rings (SSSR count). The number of aromatic hydroxyl groups is 2. The van der Waals surface area contributed by atoms with Gasteiger partial charge in [-0.05, 0) is 36.4 Å². The molecule has 2 N–H and O–H groups in total. The molecule has 5 aromatic rings. The summed E-state index contributed by atoms with van der Waals surface area (Å²) in [6.45, 7) is 0. The van der Waals surface area contributed by atoms with Gasteiger partial charge in [0.25, 0.3) is 5.56 Å². The first kappa shape index (κ1) is 19.0. The van der Waals surface area contributed by atoms with Crippen LogP contribution in [-0.4, -0.2) is 14.8 Å². The lowest BCUT2D eigenvalue weighted by atomic mass is 10.1. The van der Waals surface area contributed by atoms with Crippen molar-refractivity contribution in [2.24, 2.45) is 0 Å². The minimum Gasteiger partial charge on any atom is -0.507 e. The maximum atomic E-state index is 13.5. The van der Waals surface area contributed by atoms with Crippen molar-refractivity contribution < 1.29 is 14.6 Å². The molecule has 0 amide bonds. The number of fused-ring (bicyclic) bond motifs is 3. The average molecular weight is 429 g/mol. The number of pyridine rings is 1. The van der Waals surface area contributed by atoms with E-state index in [1.807, 2.05) is 18.2 Å². The molecule has 0 aliphatic heterocycles. The number of phenolic OH excluding ortho intramolecular Hbond substituents is 1. The van der Waals surface area contributed by atoms with Crippen LogP contribution in [0.2, 0.25) is 0 Å². The number of hydrogen-bond acceptors (Lipinski definition) is 6. The van der Waals surface area contributed by atoms with Crippen LogP contribution in [0, 0.1) is 0 Å². The van der Waals surface area contributed by atoms with Gasteiger partial charge in [-0.3, -0.25) is 9.36 Å². The van der Waals surface area contributed by atoms with E-state index >= 15 is 0 Å². The smallest absolute Gasteiger partial charge is 0.354 e. The molecule has 0 saturated heterocycles. The van der Waals surface area contributed by atoms with Crippen LogP contribution >= 0.6 is 11.8 Å². The van der Waals surface area contributed by atoms with Crippen LogP contribution in [-0.2, 0) is 0 Å². The second-order valence-electron chi connectivity index (χ2n) is 6.83. The molecule has 0 aliphatic carbocycles. The monoisotopic (exact) mass is 429 g/mol. The second-order valence-corrected chi connectivity index (χ2v) is 7.89. The van der Waals surface area contributed by atoms with Crippen molar-refractivity contribution in [3.05, 3.63) is 99.6 Å². The molecule has 0 bridgehead atoms. The van der Waals surface area contributed by atoms with Gasteiger partial charge in [0.05, 0.1) is 10.4 Å². The largest absolute Gasteiger partial charge is 0.507 e. The van der Waals surface area contributed by atoms with E-state index in [0.717, 1.165) is 11.8 Å². The maximum absolute atomic E-state index is 13.5. The third-order valence-corrected chi connectivity index (χ3v) is 6.09. The molecule has 7 heteroatoms. The summed E-state index contributed by atoms with van der Waals surface area (Å²) in [5.41, 5.74) is -0.113. The summed E-state index contributed by atoms with van der Waals surface area (Å²) < 4.78 is 7.02. The van der Waals surface area contributed by atoms with Gasteiger partial charge < -0.3 is 14.6 Å². The summed E-state index contributed by atoms with van der Waals surface area (Å²) in [6.07, 6.45) is 0. The zero-order valence-corrected chi connectivity index (χ0v) is 16.8. The van der Waals surface area contributed by atoms with Crippen molar-refractivity contribution in [3.8, 4) is 17.2 Å². The number of rotatable bonds is 3. The minimum atomic E-state index is -0.791. The van der Waals surface area contributed by atoms with Gasteiger partial charge in [0.15, 0.2) is 11.3 Å². The summed E-state index contributed by atoms with van der Waals surface area (Å²) in [4.78, 5) is 26.5. The Morgan fingerprint density at radius 3 is 2.26 bits per heavy atom. The van der Waals surface area contributed by atoms with E-state index in [1.54, 1.807) is 54.6 Å². The third kappa shape index (κ3) is 3.06. The lowest BCUT2D eigenvalue weighted by Gasteiger charge is -2.14. The topological polar surface area (TPSA) is 92.7 Å². The van der Waals surface area contributed by atoms with E-state index in [0.29, 0.717) is 21.5 Å². The molecule has 0 atom stereocenters. The third-order valence-electron chi connectivity index (χ3n) is 4.96. The van der Waals surface area contributed by atoms with Crippen molar-refractivity contribution in [2.45, 2.75) is 9.79 Å². The SMILES string of the molecule is O=c1oc2c(c(O)c1Sc1ccccc1O)c(=O)n(-c1ccccc1)c1ccccc21. The van der Waals surface area contributed by atoms with E-state index in [9.17, 15) is 19.8 Å². The van der Waals surface area contributed by atoms with Crippen molar-refractivity contribution in [3.63, 3.8) is 0 Å². The second kappa shape index (κ2) is 7.37. The summed E-state index contributed by atoms with van der Waals surface area (Å²) in [6, 6.07) is 22.5. The van der Waals surface area contributed by atoms with Crippen LogP contribution in [0.3, 0.4) is 0 Å².